The minimum Gasteiger partial charge on any atom is -0.458 e. The second-order valence-electron chi connectivity index (χ2n) is 4.97. The Balaban J connectivity index is 2.29. The first kappa shape index (κ1) is 14.2. The Labute approximate surface area is 107 Å². The molecule has 0 aromatic heterocycles. The number of carbonyl (C=O) groups is 2. The second-order valence-corrected chi connectivity index (χ2v) is 4.97. The molecule has 1 aromatic carbocycles. The van der Waals surface area contributed by atoms with E-state index in [9.17, 15) is 9.59 Å². The Hall–Kier alpha value is -1.84. The van der Waals surface area contributed by atoms with Crippen molar-refractivity contribution >= 4 is 11.9 Å². The highest BCUT2D eigenvalue weighted by Gasteiger charge is 2.23. The maximum atomic E-state index is 11.4. The van der Waals surface area contributed by atoms with Gasteiger partial charge in [0.05, 0.1) is 5.41 Å². The van der Waals surface area contributed by atoms with Crippen LogP contribution in [-0.2, 0) is 25.7 Å². The molecule has 0 N–H and O–H groups in total. The van der Waals surface area contributed by atoms with Crippen LogP contribution in [0.1, 0.15) is 26.3 Å². The van der Waals surface area contributed by atoms with Gasteiger partial charge in [0, 0.05) is 0 Å². The van der Waals surface area contributed by atoms with E-state index in [4.69, 9.17) is 9.47 Å². The Morgan fingerprint density at radius 1 is 1.06 bits per heavy atom. The lowest BCUT2D eigenvalue weighted by atomic mass is 9.97. The topological polar surface area (TPSA) is 52.6 Å². The molecular formula is C14H18O4. The van der Waals surface area contributed by atoms with Gasteiger partial charge in [0.2, 0.25) is 0 Å². The lowest BCUT2D eigenvalue weighted by molar-refractivity contribution is -0.164. The van der Waals surface area contributed by atoms with Crippen LogP contribution in [0.25, 0.3) is 0 Å². The van der Waals surface area contributed by atoms with Crippen molar-refractivity contribution in [3.05, 3.63) is 35.9 Å². The van der Waals surface area contributed by atoms with Crippen molar-refractivity contribution in [2.75, 3.05) is 6.61 Å². The van der Waals surface area contributed by atoms with E-state index >= 15 is 0 Å². The normalized spacial score (nSPS) is 10.8. The number of ether oxygens (including phenoxy) is 2. The molecular weight excluding hydrogens is 232 g/mol. The fraction of sp³-hybridized carbons (Fsp3) is 0.429. The van der Waals surface area contributed by atoms with E-state index in [-0.39, 0.29) is 13.2 Å². The molecule has 0 heterocycles. The van der Waals surface area contributed by atoms with Crippen LogP contribution in [-0.4, -0.2) is 18.5 Å². The minimum absolute atomic E-state index is 0.187. The first-order chi connectivity index (χ1) is 8.39. The summed E-state index contributed by atoms with van der Waals surface area (Å²) in [4.78, 5) is 22.8. The predicted molar refractivity (Wildman–Crippen MR) is 66.7 cm³/mol. The third-order valence-corrected chi connectivity index (χ3v) is 2.18. The van der Waals surface area contributed by atoms with Gasteiger partial charge in [-0.15, -0.1) is 0 Å². The highest BCUT2D eigenvalue weighted by molar-refractivity contribution is 5.79. The summed E-state index contributed by atoms with van der Waals surface area (Å²) in [7, 11) is 0. The fourth-order valence-corrected chi connectivity index (χ4v) is 1.12. The van der Waals surface area contributed by atoms with E-state index in [0.29, 0.717) is 0 Å². The van der Waals surface area contributed by atoms with Gasteiger partial charge < -0.3 is 9.47 Å². The zero-order chi connectivity index (χ0) is 13.6. The van der Waals surface area contributed by atoms with Crippen molar-refractivity contribution in [1.82, 2.24) is 0 Å². The van der Waals surface area contributed by atoms with Gasteiger partial charge in [0.25, 0.3) is 0 Å². The van der Waals surface area contributed by atoms with E-state index in [1.807, 2.05) is 30.3 Å². The van der Waals surface area contributed by atoms with E-state index in [1.165, 1.54) is 0 Å². The molecule has 98 valence electrons. The van der Waals surface area contributed by atoms with Crippen LogP contribution in [0.5, 0.6) is 0 Å². The third-order valence-electron chi connectivity index (χ3n) is 2.18. The second kappa shape index (κ2) is 6.19. The van der Waals surface area contributed by atoms with Crippen LogP contribution in [0, 0.1) is 5.41 Å². The van der Waals surface area contributed by atoms with Crippen LogP contribution < -0.4 is 0 Å². The Bertz CT molecular complexity index is 404. The third kappa shape index (κ3) is 4.99. The average molecular weight is 250 g/mol. The summed E-state index contributed by atoms with van der Waals surface area (Å²) in [5, 5.41) is 0. The molecule has 0 unspecified atom stereocenters. The van der Waals surface area contributed by atoms with Crippen molar-refractivity contribution in [2.45, 2.75) is 27.4 Å². The molecule has 1 aromatic rings. The van der Waals surface area contributed by atoms with Crippen LogP contribution in [0.4, 0.5) is 0 Å². The quantitative estimate of drug-likeness (QED) is 0.769. The van der Waals surface area contributed by atoms with Gasteiger partial charge in [-0.2, -0.15) is 0 Å². The highest BCUT2D eigenvalue weighted by Crippen LogP contribution is 2.14. The molecule has 0 saturated carbocycles. The predicted octanol–water partition coefficient (Wildman–Crippen LogP) is 2.32. The highest BCUT2D eigenvalue weighted by atomic mass is 16.6. The Kier molecular flexibility index (Phi) is 4.89. The molecule has 0 aliphatic rings. The van der Waals surface area contributed by atoms with Crippen LogP contribution in [0.3, 0.4) is 0 Å². The molecule has 0 atom stereocenters. The van der Waals surface area contributed by atoms with Gasteiger partial charge in [0.1, 0.15) is 6.61 Å². The first-order valence-electron chi connectivity index (χ1n) is 5.76. The van der Waals surface area contributed by atoms with E-state index < -0.39 is 17.4 Å². The van der Waals surface area contributed by atoms with Gasteiger partial charge in [0.15, 0.2) is 6.61 Å². The van der Waals surface area contributed by atoms with Crippen LogP contribution in [0.15, 0.2) is 30.3 Å². The first-order valence-corrected chi connectivity index (χ1v) is 5.76. The SMILES string of the molecule is CC(C)(C)C(=O)OCC(=O)OCc1ccccc1. The van der Waals surface area contributed by atoms with Crippen molar-refractivity contribution in [3.8, 4) is 0 Å². The molecule has 0 spiro atoms. The maximum Gasteiger partial charge on any atom is 0.344 e. The van der Waals surface area contributed by atoms with Crippen molar-refractivity contribution in [2.24, 2.45) is 5.41 Å². The molecule has 0 aliphatic heterocycles. The van der Waals surface area contributed by atoms with Crippen LogP contribution >= 0.6 is 0 Å². The standard InChI is InChI=1S/C14H18O4/c1-14(2,3)13(16)18-10-12(15)17-9-11-7-5-4-6-8-11/h4-8H,9-10H2,1-3H3. The monoisotopic (exact) mass is 250 g/mol. The molecule has 0 fully saturated rings. The Morgan fingerprint density at radius 2 is 1.67 bits per heavy atom. The van der Waals surface area contributed by atoms with E-state index in [1.54, 1.807) is 20.8 Å². The van der Waals surface area contributed by atoms with Gasteiger partial charge >= 0.3 is 11.9 Å². The average Bonchev–Trinajstić information content (AvgIpc) is 2.33. The van der Waals surface area contributed by atoms with Gasteiger partial charge in [-0.1, -0.05) is 30.3 Å². The van der Waals surface area contributed by atoms with Crippen molar-refractivity contribution in [1.29, 1.82) is 0 Å². The lowest BCUT2D eigenvalue weighted by Gasteiger charge is -2.15. The summed E-state index contributed by atoms with van der Waals surface area (Å²) in [5.74, 6) is -0.962. The number of benzene rings is 1. The van der Waals surface area contributed by atoms with Crippen molar-refractivity contribution < 1.29 is 19.1 Å². The summed E-state index contributed by atoms with van der Waals surface area (Å²) >= 11 is 0. The summed E-state index contributed by atoms with van der Waals surface area (Å²) in [5.41, 5.74) is 0.285. The van der Waals surface area contributed by atoms with Crippen molar-refractivity contribution in [3.63, 3.8) is 0 Å². The number of rotatable bonds is 4. The number of hydrogen-bond donors (Lipinski definition) is 0. The molecule has 4 heteroatoms. The summed E-state index contributed by atoms with van der Waals surface area (Å²) in [6, 6.07) is 9.32. The van der Waals surface area contributed by atoms with Gasteiger partial charge in [-0.05, 0) is 26.3 Å². The molecule has 0 saturated heterocycles. The zero-order valence-corrected chi connectivity index (χ0v) is 10.9. The molecule has 4 nitrogen and oxygen atoms in total. The molecule has 1 rings (SSSR count). The van der Waals surface area contributed by atoms with E-state index in [0.717, 1.165) is 5.56 Å². The number of carbonyl (C=O) groups excluding carboxylic acids is 2. The Morgan fingerprint density at radius 3 is 2.22 bits per heavy atom. The smallest absolute Gasteiger partial charge is 0.344 e. The zero-order valence-electron chi connectivity index (χ0n) is 10.9. The number of esters is 2. The summed E-state index contributed by atoms with van der Waals surface area (Å²) in [6.07, 6.45) is 0. The number of hydrogen-bond acceptors (Lipinski definition) is 4. The largest absolute Gasteiger partial charge is 0.458 e. The minimum atomic E-state index is -0.611. The lowest BCUT2D eigenvalue weighted by Crippen LogP contribution is -2.26. The molecule has 18 heavy (non-hydrogen) atoms. The van der Waals surface area contributed by atoms with Gasteiger partial charge in [-0.25, -0.2) is 4.79 Å². The molecule has 0 aliphatic carbocycles. The maximum absolute atomic E-state index is 11.4. The molecule has 0 bridgehead atoms. The van der Waals surface area contributed by atoms with E-state index in [2.05, 4.69) is 0 Å². The summed E-state index contributed by atoms with van der Waals surface area (Å²) in [6.45, 7) is 5.02. The summed E-state index contributed by atoms with van der Waals surface area (Å²) < 4.78 is 9.82. The van der Waals surface area contributed by atoms with Crippen LogP contribution in [0.2, 0.25) is 0 Å². The fourth-order valence-electron chi connectivity index (χ4n) is 1.12. The van der Waals surface area contributed by atoms with Gasteiger partial charge in [-0.3, -0.25) is 4.79 Å². The molecule has 0 amide bonds. The molecule has 0 radical (unpaired) electrons.